The number of anilines is 1. The van der Waals surface area contributed by atoms with Crippen molar-refractivity contribution in [2.75, 3.05) is 25.5 Å². The smallest absolute Gasteiger partial charge is 0.191 e. The molecule has 6 nitrogen and oxygen atoms in total. The van der Waals surface area contributed by atoms with E-state index in [0.29, 0.717) is 24.7 Å². The van der Waals surface area contributed by atoms with Crippen LogP contribution >= 0.6 is 24.0 Å². The lowest BCUT2D eigenvalue weighted by atomic mass is 10.2. The van der Waals surface area contributed by atoms with Gasteiger partial charge in [-0.15, -0.1) is 24.0 Å². The van der Waals surface area contributed by atoms with E-state index < -0.39 is 0 Å². The highest BCUT2D eigenvalue weighted by Crippen LogP contribution is 2.18. The molecule has 138 valence electrons. The van der Waals surface area contributed by atoms with Crippen LogP contribution in [-0.4, -0.2) is 36.4 Å². The lowest BCUT2D eigenvalue weighted by molar-refractivity contribution is 0.623. The molecule has 0 atom stereocenters. The molecule has 0 saturated heterocycles. The molecule has 1 aromatic carbocycles. The minimum Gasteiger partial charge on any atom is -0.375 e. The highest BCUT2D eigenvalue weighted by atomic mass is 127. The molecular formula is C17H26FIN6. The molecule has 2 N–H and O–H groups in total. The van der Waals surface area contributed by atoms with Gasteiger partial charge in [0.1, 0.15) is 5.82 Å². The van der Waals surface area contributed by atoms with E-state index >= 15 is 0 Å². The average molecular weight is 460 g/mol. The topological polar surface area (TPSA) is 57.5 Å². The summed E-state index contributed by atoms with van der Waals surface area (Å²) in [5.41, 5.74) is 2.46. The second-order valence-corrected chi connectivity index (χ2v) is 5.68. The monoisotopic (exact) mass is 460 g/mol. The van der Waals surface area contributed by atoms with Crippen LogP contribution in [0.15, 0.2) is 35.5 Å². The van der Waals surface area contributed by atoms with Crippen LogP contribution < -0.4 is 15.5 Å². The highest BCUT2D eigenvalue weighted by molar-refractivity contribution is 14.0. The van der Waals surface area contributed by atoms with Gasteiger partial charge in [-0.05, 0) is 30.7 Å². The Morgan fingerprint density at radius 2 is 2.04 bits per heavy atom. The summed E-state index contributed by atoms with van der Waals surface area (Å²) in [5.74, 6) is 0.455. The molecular weight excluding hydrogens is 434 g/mol. The van der Waals surface area contributed by atoms with Gasteiger partial charge in [-0.2, -0.15) is 5.10 Å². The van der Waals surface area contributed by atoms with Gasteiger partial charge < -0.3 is 15.5 Å². The average Bonchev–Trinajstić information content (AvgIpc) is 2.95. The summed E-state index contributed by atoms with van der Waals surface area (Å²) in [6, 6.07) is 7.15. The molecule has 0 unspecified atom stereocenters. The third kappa shape index (κ3) is 6.18. The lowest BCUT2D eigenvalue weighted by Crippen LogP contribution is -2.37. The number of benzene rings is 1. The van der Waals surface area contributed by atoms with Crippen molar-refractivity contribution in [3.8, 4) is 0 Å². The Morgan fingerprint density at radius 3 is 2.60 bits per heavy atom. The zero-order valence-corrected chi connectivity index (χ0v) is 17.4. The third-order valence-electron chi connectivity index (χ3n) is 3.62. The number of rotatable bonds is 6. The fourth-order valence-corrected chi connectivity index (χ4v) is 2.27. The fourth-order valence-electron chi connectivity index (χ4n) is 2.27. The van der Waals surface area contributed by atoms with Crippen molar-refractivity contribution in [1.82, 2.24) is 20.4 Å². The Kier molecular flexibility index (Phi) is 8.67. The van der Waals surface area contributed by atoms with Crippen molar-refractivity contribution >= 4 is 35.6 Å². The molecule has 0 saturated carbocycles. The van der Waals surface area contributed by atoms with Gasteiger partial charge in [0.15, 0.2) is 5.96 Å². The number of aromatic nitrogens is 2. The molecule has 2 aromatic rings. The van der Waals surface area contributed by atoms with Crippen LogP contribution in [0.2, 0.25) is 0 Å². The molecule has 0 aliphatic carbocycles. The summed E-state index contributed by atoms with van der Waals surface area (Å²) in [7, 11) is 5.54. The van der Waals surface area contributed by atoms with E-state index in [2.05, 4.69) is 20.7 Å². The summed E-state index contributed by atoms with van der Waals surface area (Å²) in [4.78, 5) is 6.26. The van der Waals surface area contributed by atoms with Crippen LogP contribution in [0, 0.1) is 5.82 Å². The number of nitrogens with one attached hydrogen (secondary N) is 2. The summed E-state index contributed by atoms with van der Waals surface area (Å²) >= 11 is 0. The Morgan fingerprint density at radius 1 is 1.28 bits per heavy atom. The molecule has 0 aliphatic rings. The molecule has 1 heterocycles. The SMILES string of the molecule is CCNC(=NCc1ccc(N(C)C)c(F)c1)NCc1ccnn1C.I. The zero-order chi connectivity index (χ0) is 17.5. The molecule has 0 amide bonds. The summed E-state index contributed by atoms with van der Waals surface area (Å²) in [6.07, 6.45) is 1.76. The van der Waals surface area contributed by atoms with Gasteiger partial charge in [-0.1, -0.05) is 6.07 Å². The number of aryl methyl sites for hydroxylation is 1. The Hall–Kier alpha value is -1.84. The largest absolute Gasteiger partial charge is 0.375 e. The molecule has 25 heavy (non-hydrogen) atoms. The van der Waals surface area contributed by atoms with Crippen LogP contribution in [-0.2, 0) is 20.1 Å². The van der Waals surface area contributed by atoms with Gasteiger partial charge in [0.2, 0.25) is 0 Å². The van der Waals surface area contributed by atoms with Gasteiger partial charge in [-0.3, -0.25) is 4.68 Å². The second-order valence-electron chi connectivity index (χ2n) is 5.68. The Balaban J connectivity index is 0.00000312. The standard InChI is InChI=1S/C17H25FN6.HI/c1-5-19-17(21-12-14-8-9-22-24(14)4)20-11-13-6-7-16(23(2)3)15(18)10-13;/h6-10H,5,11-12H2,1-4H3,(H2,19,20,21);1H. The molecule has 0 aliphatic heterocycles. The first-order valence-electron chi connectivity index (χ1n) is 7.96. The predicted molar refractivity (Wildman–Crippen MR) is 111 cm³/mol. The van der Waals surface area contributed by atoms with Crippen molar-refractivity contribution in [3.05, 3.63) is 47.5 Å². The number of aliphatic imine (C=N–C) groups is 1. The Labute approximate surface area is 165 Å². The Bertz CT molecular complexity index is 698. The van der Waals surface area contributed by atoms with Gasteiger partial charge in [0.05, 0.1) is 24.5 Å². The van der Waals surface area contributed by atoms with Crippen LogP contribution in [0.1, 0.15) is 18.2 Å². The quantitative estimate of drug-likeness (QED) is 0.395. The minimum atomic E-state index is -0.236. The van der Waals surface area contributed by atoms with E-state index in [1.807, 2.05) is 44.9 Å². The molecule has 2 rings (SSSR count). The van der Waals surface area contributed by atoms with E-state index in [4.69, 9.17) is 0 Å². The van der Waals surface area contributed by atoms with Gasteiger partial charge in [0.25, 0.3) is 0 Å². The zero-order valence-electron chi connectivity index (χ0n) is 15.1. The molecule has 0 radical (unpaired) electrons. The third-order valence-corrected chi connectivity index (χ3v) is 3.62. The van der Waals surface area contributed by atoms with Crippen LogP contribution in [0.3, 0.4) is 0 Å². The van der Waals surface area contributed by atoms with Gasteiger partial charge in [0, 0.05) is 33.9 Å². The van der Waals surface area contributed by atoms with E-state index in [1.165, 1.54) is 6.07 Å². The maximum atomic E-state index is 14.0. The summed E-state index contributed by atoms with van der Waals surface area (Å²) < 4.78 is 15.8. The molecule has 0 spiro atoms. The van der Waals surface area contributed by atoms with Crippen molar-refractivity contribution in [3.63, 3.8) is 0 Å². The van der Waals surface area contributed by atoms with E-state index in [-0.39, 0.29) is 29.8 Å². The second kappa shape index (κ2) is 10.2. The fraction of sp³-hybridized carbons (Fsp3) is 0.412. The number of hydrogen-bond acceptors (Lipinski definition) is 3. The van der Waals surface area contributed by atoms with E-state index in [9.17, 15) is 4.39 Å². The number of halogens is 2. The van der Waals surface area contributed by atoms with Crippen LogP contribution in [0.4, 0.5) is 10.1 Å². The highest BCUT2D eigenvalue weighted by Gasteiger charge is 2.06. The first-order chi connectivity index (χ1) is 11.5. The molecule has 1 aromatic heterocycles. The van der Waals surface area contributed by atoms with Crippen molar-refractivity contribution in [2.45, 2.75) is 20.0 Å². The molecule has 0 bridgehead atoms. The van der Waals surface area contributed by atoms with Gasteiger partial charge in [-0.25, -0.2) is 9.38 Å². The van der Waals surface area contributed by atoms with Crippen molar-refractivity contribution in [2.24, 2.45) is 12.0 Å². The summed E-state index contributed by atoms with van der Waals surface area (Å²) in [6.45, 7) is 3.79. The molecule has 8 heteroatoms. The van der Waals surface area contributed by atoms with Crippen molar-refractivity contribution in [1.29, 1.82) is 0 Å². The first-order valence-corrected chi connectivity index (χ1v) is 7.96. The van der Waals surface area contributed by atoms with Crippen LogP contribution in [0.25, 0.3) is 0 Å². The van der Waals surface area contributed by atoms with Crippen molar-refractivity contribution < 1.29 is 4.39 Å². The van der Waals surface area contributed by atoms with Gasteiger partial charge >= 0.3 is 0 Å². The number of nitrogens with zero attached hydrogens (tertiary/aromatic N) is 4. The van der Waals surface area contributed by atoms with E-state index in [0.717, 1.165) is 17.8 Å². The predicted octanol–water partition coefficient (Wildman–Crippen LogP) is 2.50. The number of guanidine groups is 1. The first kappa shape index (κ1) is 21.2. The number of hydrogen-bond donors (Lipinski definition) is 2. The molecule has 0 fully saturated rings. The lowest BCUT2D eigenvalue weighted by Gasteiger charge is -2.14. The maximum absolute atomic E-state index is 14.0. The van der Waals surface area contributed by atoms with Crippen LogP contribution in [0.5, 0.6) is 0 Å². The minimum absolute atomic E-state index is 0. The normalized spacial score (nSPS) is 11.0. The summed E-state index contributed by atoms with van der Waals surface area (Å²) in [5, 5.41) is 10.6. The van der Waals surface area contributed by atoms with E-state index in [1.54, 1.807) is 17.2 Å². The maximum Gasteiger partial charge on any atom is 0.191 e.